The molecular weight excluding hydrogens is 232 g/mol. The monoisotopic (exact) mass is 258 g/mol. The Morgan fingerprint density at radius 3 is 2.53 bits per heavy atom. The molecule has 1 aliphatic heterocycles. The normalized spacial score (nSPS) is 24.3. The van der Waals surface area contributed by atoms with E-state index < -0.39 is 0 Å². The van der Waals surface area contributed by atoms with Crippen molar-refractivity contribution in [1.82, 2.24) is 4.90 Å². The molecule has 0 aromatic carbocycles. The molecule has 0 spiro atoms. The van der Waals surface area contributed by atoms with Gasteiger partial charge in [0.2, 0.25) is 5.91 Å². The molecule has 3 nitrogen and oxygen atoms in total. The molecule has 0 radical (unpaired) electrons. The molecule has 2 N–H and O–H groups in total. The Bertz CT molecular complexity index is 263. The molecule has 2 atom stereocenters. The Labute approximate surface area is 109 Å². The van der Waals surface area contributed by atoms with Gasteiger partial charge in [-0.1, -0.05) is 20.8 Å². The fraction of sp³-hybridized carbons (Fsp3) is 0.923. The van der Waals surface area contributed by atoms with Gasteiger partial charge in [0.05, 0.1) is 6.04 Å². The number of nitrogens with two attached hydrogens (primary N) is 1. The van der Waals surface area contributed by atoms with Crippen molar-refractivity contribution in [3.8, 4) is 0 Å². The van der Waals surface area contributed by atoms with E-state index in [1.54, 1.807) is 0 Å². The van der Waals surface area contributed by atoms with E-state index in [0.29, 0.717) is 5.25 Å². The zero-order valence-corrected chi connectivity index (χ0v) is 12.3. The van der Waals surface area contributed by atoms with Crippen LogP contribution in [-0.2, 0) is 4.79 Å². The van der Waals surface area contributed by atoms with Gasteiger partial charge in [0.25, 0.3) is 0 Å². The summed E-state index contributed by atoms with van der Waals surface area (Å²) in [5.41, 5.74) is 5.90. The predicted molar refractivity (Wildman–Crippen MR) is 75.2 cm³/mol. The summed E-state index contributed by atoms with van der Waals surface area (Å²) in [6, 6.07) is -0.381. The standard InChI is InChI=1S/C13H26N2OS/c1-13(2,3)11(14)12(16)15-8-5-6-10(17-4)7-9-15/h10-11H,5-9,14H2,1-4H3. The summed E-state index contributed by atoms with van der Waals surface area (Å²) >= 11 is 1.92. The number of carbonyl (C=O) groups is 1. The van der Waals surface area contributed by atoms with Crippen molar-refractivity contribution in [3.63, 3.8) is 0 Å². The maximum Gasteiger partial charge on any atom is 0.240 e. The molecule has 1 rings (SSSR count). The molecule has 1 fully saturated rings. The van der Waals surface area contributed by atoms with Gasteiger partial charge in [-0.15, -0.1) is 0 Å². The van der Waals surface area contributed by atoms with E-state index >= 15 is 0 Å². The first-order valence-corrected chi connectivity index (χ1v) is 7.72. The fourth-order valence-corrected chi connectivity index (χ4v) is 2.83. The van der Waals surface area contributed by atoms with E-state index in [0.717, 1.165) is 25.9 Å². The first-order valence-electron chi connectivity index (χ1n) is 6.43. The number of amides is 1. The number of hydrogen-bond donors (Lipinski definition) is 1. The molecule has 0 saturated carbocycles. The summed E-state index contributed by atoms with van der Waals surface area (Å²) in [5, 5.41) is 0.707. The van der Waals surface area contributed by atoms with Crippen LogP contribution < -0.4 is 5.73 Å². The predicted octanol–water partition coefficient (Wildman–Crippen LogP) is 2.10. The van der Waals surface area contributed by atoms with Gasteiger partial charge in [0.1, 0.15) is 0 Å². The summed E-state index contributed by atoms with van der Waals surface area (Å²) < 4.78 is 0. The van der Waals surface area contributed by atoms with Crippen LogP contribution in [0.4, 0.5) is 0 Å². The SMILES string of the molecule is CSC1CCCN(C(=O)C(N)C(C)(C)C)CC1. The third kappa shape index (κ3) is 4.18. The van der Waals surface area contributed by atoms with Gasteiger partial charge in [0, 0.05) is 18.3 Å². The molecule has 17 heavy (non-hydrogen) atoms. The Hall–Kier alpha value is -0.220. The van der Waals surface area contributed by atoms with Crippen molar-refractivity contribution in [2.75, 3.05) is 19.3 Å². The lowest BCUT2D eigenvalue weighted by Crippen LogP contribution is -2.50. The smallest absolute Gasteiger partial charge is 0.240 e. The van der Waals surface area contributed by atoms with Gasteiger partial charge >= 0.3 is 0 Å². The van der Waals surface area contributed by atoms with Crippen LogP contribution in [0.3, 0.4) is 0 Å². The maximum atomic E-state index is 12.3. The van der Waals surface area contributed by atoms with Crippen LogP contribution in [-0.4, -0.2) is 41.4 Å². The largest absolute Gasteiger partial charge is 0.341 e. The fourth-order valence-electron chi connectivity index (χ4n) is 2.09. The number of likely N-dealkylation sites (tertiary alicyclic amines) is 1. The molecule has 1 aliphatic rings. The number of rotatable bonds is 2. The molecule has 0 aliphatic carbocycles. The Kier molecular flexibility index (Phi) is 5.32. The van der Waals surface area contributed by atoms with Gasteiger partial charge in [-0.3, -0.25) is 4.79 Å². The first-order chi connectivity index (χ1) is 7.86. The molecule has 0 aromatic heterocycles. The van der Waals surface area contributed by atoms with Crippen molar-refractivity contribution in [1.29, 1.82) is 0 Å². The third-order valence-corrected chi connectivity index (χ3v) is 4.66. The van der Waals surface area contributed by atoms with Crippen molar-refractivity contribution in [2.24, 2.45) is 11.1 Å². The Morgan fingerprint density at radius 2 is 2.00 bits per heavy atom. The summed E-state index contributed by atoms with van der Waals surface area (Å²) in [6.07, 6.45) is 5.58. The highest BCUT2D eigenvalue weighted by molar-refractivity contribution is 7.99. The highest BCUT2D eigenvalue weighted by Crippen LogP contribution is 2.24. The van der Waals surface area contributed by atoms with E-state index in [-0.39, 0.29) is 17.4 Å². The lowest BCUT2D eigenvalue weighted by Gasteiger charge is -2.31. The number of nitrogens with zero attached hydrogens (tertiary/aromatic N) is 1. The Morgan fingerprint density at radius 1 is 1.35 bits per heavy atom. The van der Waals surface area contributed by atoms with E-state index in [2.05, 4.69) is 6.26 Å². The lowest BCUT2D eigenvalue weighted by molar-refractivity contribution is -0.134. The van der Waals surface area contributed by atoms with Crippen molar-refractivity contribution < 1.29 is 4.79 Å². The van der Waals surface area contributed by atoms with Crippen LogP contribution in [0.25, 0.3) is 0 Å². The van der Waals surface area contributed by atoms with Gasteiger partial charge in [-0.05, 0) is 30.9 Å². The van der Waals surface area contributed by atoms with E-state index in [1.165, 1.54) is 6.42 Å². The molecular formula is C13H26N2OS. The zero-order valence-electron chi connectivity index (χ0n) is 11.5. The molecule has 1 saturated heterocycles. The summed E-state index contributed by atoms with van der Waals surface area (Å²) in [4.78, 5) is 14.3. The second kappa shape index (κ2) is 6.10. The highest BCUT2D eigenvalue weighted by atomic mass is 32.2. The van der Waals surface area contributed by atoms with Crippen LogP contribution in [0.2, 0.25) is 0 Å². The molecule has 1 heterocycles. The summed E-state index contributed by atoms with van der Waals surface area (Å²) in [7, 11) is 0. The number of carbonyl (C=O) groups excluding carboxylic acids is 1. The minimum atomic E-state index is -0.381. The van der Waals surface area contributed by atoms with Crippen molar-refractivity contribution in [3.05, 3.63) is 0 Å². The van der Waals surface area contributed by atoms with Gasteiger partial charge in [0.15, 0.2) is 0 Å². The highest BCUT2D eigenvalue weighted by Gasteiger charge is 2.31. The third-order valence-electron chi connectivity index (χ3n) is 3.52. The first kappa shape index (κ1) is 14.8. The second-order valence-electron chi connectivity index (χ2n) is 5.96. The number of thioether (sulfide) groups is 1. The van der Waals surface area contributed by atoms with Crippen LogP contribution >= 0.6 is 11.8 Å². The summed E-state index contributed by atoms with van der Waals surface area (Å²) in [5.74, 6) is 0.124. The van der Waals surface area contributed by atoms with E-state index in [1.807, 2.05) is 37.4 Å². The lowest BCUT2D eigenvalue weighted by atomic mass is 9.86. The molecule has 1 amide bonds. The average Bonchev–Trinajstić information content (AvgIpc) is 2.50. The second-order valence-corrected chi connectivity index (χ2v) is 7.10. The van der Waals surface area contributed by atoms with Crippen LogP contribution in [0.1, 0.15) is 40.0 Å². The minimum absolute atomic E-state index is 0.124. The summed E-state index contributed by atoms with van der Waals surface area (Å²) in [6.45, 7) is 7.82. The van der Waals surface area contributed by atoms with E-state index in [9.17, 15) is 4.79 Å². The van der Waals surface area contributed by atoms with Gasteiger partial charge < -0.3 is 10.6 Å². The molecule has 0 aromatic rings. The van der Waals surface area contributed by atoms with Crippen LogP contribution in [0, 0.1) is 5.41 Å². The van der Waals surface area contributed by atoms with Gasteiger partial charge in [-0.25, -0.2) is 0 Å². The molecule has 0 bridgehead atoms. The average molecular weight is 258 g/mol. The maximum absolute atomic E-state index is 12.3. The molecule has 4 heteroatoms. The van der Waals surface area contributed by atoms with Crippen LogP contribution in [0.15, 0.2) is 0 Å². The van der Waals surface area contributed by atoms with E-state index in [4.69, 9.17) is 5.73 Å². The molecule has 100 valence electrons. The molecule has 2 unspecified atom stereocenters. The van der Waals surface area contributed by atoms with Crippen LogP contribution in [0.5, 0.6) is 0 Å². The van der Waals surface area contributed by atoms with Gasteiger partial charge in [-0.2, -0.15) is 11.8 Å². The zero-order chi connectivity index (χ0) is 13.1. The Balaban J connectivity index is 2.58. The minimum Gasteiger partial charge on any atom is -0.341 e. The van der Waals surface area contributed by atoms with Crippen molar-refractivity contribution >= 4 is 17.7 Å². The topological polar surface area (TPSA) is 46.3 Å². The quantitative estimate of drug-likeness (QED) is 0.825. The van der Waals surface area contributed by atoms with Crippen molar-refractivity contribution in [2.45, 2.75) is 51.3 Å². The number of hydrogen-bond acceptors (Lipinski definition) is 3.